The van der Waals surface area contributed by atoms with Crippen LogP contribution in [0.2, 0.25) is 0 Å². The van der Waals surface area contributed by atoms with Crippen LogP contribution < -0.4 is 0 Å². The van der Waals surface area contributed by atoms with Crippen LogP contribution in [0.15, 0.2) is 22.7 Å². The van der Waals surface area contributed by atoms with Crippen LogP contribution in [0.5, 0.6) is 0 Å². The lowest BCUT2D eigenvalue weighted by Gasteiger charge is -2.21. The monoisotopic (exact) mass is 242 g/mol. The predicted octanol–water partition coefficient (Wildman–Crippen LogP) is 3.80. The van der Waals surface area contributed by atoms with Crippen molar-refractivity contribution in [3.05, 3.63) is 33.8 Å². The summed E-state index contributed by atoms with van der Waals surface area (Å²) in [7, 11) is 0. The van der Waals surface area contributed by atoms with Crippen molar-refractivity contribution >= 4 is 27.7 Å². The van der Waals surface area contributed by atoms with Gasteiger partial charge in [-0.15, -0.1) is 0 Å². The van der Waals surface area contributed by atoms with E-state index < -0.39 is 0 Å². The topological polar surface area (TPSA) is 0 Å². The van der Waals surface area contributed by atoms with Crippen LogP contribution in [-0.4, -0.2) is 5.75 Å². The van der Waals surface area contributed by atoms with Crippen LogP contribution in [-0.2, 0) is 5.75 Å². The summed E-state index contributed by atoms with van der Waals surface area (Å²) in [6, 6.07) is 6.64. The molecule has 0 nitrogen and oxygen atoms in total. The Bertz CT molecular complexity index is 296. The quantitative estimate of drug-likeness (QED) is 0.667. The fourth-order valence-corrected chi connectivity index (χ4v) is 3.10. The molecule has 0 bridgehead atoms. The third kappa shape index (κ3) is 1.55. The van der Waals surface area contributed by atoms with Crippen LogP contribution in [0.1, 0.15) is 24.0 Å². The molecule has 0 N–H and O–H groups in total. The number of hydrogen-bond donors (Lipinski definition) is 0. The lowest BCUT2D eigenvalue weighted by Crippen LogP contribution is -2.06. The summed E-state index contributed by atoms with van der Waals surface area (Å²) in [4.78, 5) is 0. The van der Waals surface area contributed by atoms with Gasteiger partial charge in [0.2, 0.25) is 0 Å². The molecule has 1 aromatic rings. The third-order valence-electron chi connectivity index (χ3n) is 2.26. The summed E-state index contributed by atoms with van der Waals surface area (Å²) >= 11 is 5.55. The summed E-state index contributed by atoms with van der Waals surface area (Å²) in [5, 5.41) is 0. The molecular formula is C10H11BrS. The Morgan fingerprint density at radius 3 is 3.17 bits per heavy atom. The minimum atomic E-state index is 0.719. The zero-order valence-electron chi connectivity index (χ0n) is 7.01. The maximum Gasteiger partial charge on any atom is 0.0187 e. The van der Waals surface area contributed by atoms with E-state index in [2.05, 4.69) is 41.1 Å². The van der Waals surface area contributed by atoms with Crippen LogP contribution in [0.3, 0.4) is 0 Å². The Morgan fingerprint density at radius 2 is 2.33 bits per heavy atom. The van der Waals surface area contributed by atoms with Crippen molar-refractivity contribution in [2.24, 2.45) is 0 Å². The molecule has 0 saturated heterocycles. The Morgan fingerprint density at radius 1 is 1.50 bits per heavy atom. The van der Waals surface area contributed by atoms with Crippen molar-refractivity contribution in [2.75, 3.05) is 5.75 Å². The van der Waals surface area contributed by atoms with E-state index in [4.69, 9.17) is 0 Å². The van der Waals surface area contributed by atoms with Gasteiger partial charge in [-0.3, -0.25) is 0 Å². The lowest BCUT2D eigenvalue weighted by molar-refractivity contribution is 0.853. The molecule has 0 spiro atoms. The van der Waals surface area contributed by atoms with Crippen molar-refractivity contribution in [1.82, 2.24) is 0 Å². The molecule has 1 aliphatic rings. The zero-order chi connectivity index (χ0) is 8.55. The van der Waals surface area contributed by atoms with Gasteiger partial charge in [-0.25, -0.2) is 0 Å². The summed E-state index contributed by atoms with van der Waals surface area (Å²) in [6.45, 7) is 2.30. The molecule has 0 saturated carbocycles. The molecule has 1 unspecified atom stereocenters. The van der Waals surface area contributed by atoms with E-state index in [1.807, 2.05) is 11.8 Å². The summed E-state index contributed by atoms with van der Waals surface area (Å²) in [5.41, 5.74) is 3.05. The number of benzene rings is 1. The highest BCUT2D eigenvalue weighted by Crippen LogP contribution is 2.34. The highest BCUT2D eigenvalue weighted by atomic mass is 79.9. The second-order valence-corrected chi connectivity index (χ2v) is 5.21. The molecule has 12 heavy (non-hydrogen) atoms. The molecule has 0 fully saturated rings. The highest BCUT2D eigenvalue weighted by molar-refractivity contribution is 9.10. The first kappa shape index (κ1) is 8.64. The van der Waals surface area contributed by atoms with Gasteiger partial charge in [-0.1, -0.05) is 28.9 Å². The first-order valence-corrected chi connectivity index (χ1v) is 6.08. The molecule has 0 aliphatic carbocycles. The second kappa shape index (κ2) is 3.43. The van der Waals surface area contributed by atoms with E-state index in [-0.39, 0.29) is 0 Å². The number of fused-ring (bicyclic) bond motifs is 1. The second-order valence-electron chi connectivity index (χ2n) is 3.26. The molecular weight excluding hydrogens is 232 g/mol. The van der Waals surface area contributed by atoms with Crippen molar-refractivity contribution in [2.45, 2.75) is 18.6 Å². The van der Waals surface area contributed by atoms with Gasteiger partial charge in [0.15, 0.2) is 0 Å². The van der Waals surface area contributed by atoms with Crippen LogP contribution in [0.4, 0.5) is 0 Å². The average Bonchev–Trinajstić information content (AvgIpc) is 2.07. The Labute approximate surface area is 85.9 Å². The Balaban J connectivity index is 2.47. The first-order valence-electron chi connectivity index (χ1n) is 4.13. The first-order chi connectivity index (χ1) is 5.77. The van der Waals surface area contributed by atoms with E-state index >= 15 is 0 Å². The van der Waals surface area contributed by atoms with E-state index in [9.17, 15) is 0 Å². The summed E-state index contributed by atoms with van der Waals surface area (Å²) in [5.74, 6) is 3.17. The zero-order valence-corrected chi connectivity index (χ0v) is 9.41. The minimum absolute atomic E-state index is 0.719. The summed E-state index contributed by atoms with van der Waals surface area (Å²) < 4.78 is 1.21. The maximum absolute atomic E-state index is 3.51. The molecule has 2 rings (SSSR count). The molecule has 1 heterocycles. The lowest BCUT2D eigenvalue weighted by atomic mass is 9.98. The van der Waals surface area contributed by atoms with Gasteiger partial charge in [-0.05, 0) is 29.2 Å². The molecule has 0 amide bonds. The third-order valence-corrected chi connectivity index (χ3v) is 4.01. The molecule has 1 aliphatic heterocycles. The van der Waals surface area contributed by atoms with Gasteiger partial charge in [-0.2, -0.15) is 11.8 Å². The van der Waals surface area contributed by atoms with Crippen molar-refractivity contribution in [3.8, 4) is 0 Å². The predicted molar refractivity (Wildman–Crippen MR) is 58.7 cm³/mol. The highest BCUT2D eigenvalue weighted by Gasteiger charge is 2.15. The van der Waals surface area contributed by atoms with E-state index in [0.717, 1.165) is 5.92 Å². The fourth-order valence-electron chi connectivity index (χ4n) is 1.59. The Kier molecular flexibility index (Phi) is 2.47. The van der Waals surface area contributed by atoms with Crippen molar-refractivity contribution in [1.29, 1.82) is 0 Å². The van der Waals surface area contributed by atoms with E-state index in [1.165, 1.54) is 27.1 Å². The van der Waals surface area contributed by atoms with Gasteiger partial charge >= 0.3 is 0 Å². The standard InChI is InChI=1S/C10H11BrS/c1-7-5-12-6-8-2-3-9(11)4-10(7)8/h2-4,7H,5-6H2,1H3. The van der Waals surface area contributed by atoms with E-state index in [1.54, 1.807) is 0 Å². The molecule has 64 valence electrons. The normalized spacial score (nSPS) is 22.0. The van der Waals surface area contributed by atoms with E-state index in [0.29, 0.717) is 0 Å². The van der Waals surface area contributed by atoms with Gasteiger partial charge in [0.1, 0.15) is 0 Å². The average molecular weight is 243 g/mol. The van der Waals surface area contributed by atoms with Gasteiger partial charge in [0.05, 0.1) is 0 Å². The smallest absolute Gasteiger partial charge is 0.0187 e. The number of thioether (sulfide) groups is 1. The molecule has 1 atom stereocenters. The molecule has 0 radical (unpaired) electrons. The molecule has 2 heteroatoms. The van der Waals surface area contributed by atoms with Gasteiger partial charge in [0, 0.05) is 16.0 Å². The number of hydrogen-bond acceptors (Lipinski definition) is 1. The fraction of sp³-hybridized carbons (Fsp3) is 0.400. The molecule has 0 aromatic heterocycles. The van der Waals surface area contributed by atoms with Gasteiger partial charge in [0.25, 0.3) is 0 Å². The van der Waals surface area contributed by atoms with Crippen molar-refractivity contribution in [3.63, 3.8) is 0 Å². The van der Waals surface area contributed by atoms with Gasteiger partial charge < -0.3 is 0 Å². The SMILES string of the molecule is CC1CSCc2ccc(Br)cc21. The van der Waals surface area contributed by atoms with Crippen molar-refractivity contribution < 1.29 is 0 Å². The minimum Gasteiger partial charge on any atom is -0.157 e. The molecule has 1 aromatic carbocycles. The van der Waals surface area contributed by atoms with Crippen LogP contribution >= 0.6 is 27.7 Å². The Hall–Kier alpha value is 0.0500. The number of halogens is 1. The van der Waals surface area contributed by atoms with Crippen LogP contribution in [0.25, 0.3) is 0 Å². The largest absolute Gasteiger partial charge is 0.157 e. The summed E-state index contributed by atoms with van der Waals surface area (Å²) in [6.07, 6.45) is 0. The number of rotatable bonds is 0. The van der Waals surface area contributed by atoms with Crippen LogP contribution in [0, 0.1) is 0 Å². The maximum atomic E-state index is 3.51.